The first-order chi connectivity index (χ1) is 14.9. The second-order valence-electron chi connectivity index (χ2n) is 6.39. The number of ether oxygens (including phenoxy) is 1. The first-order valence-corrected chi connectivity index (χ1v) is 10.7. The molecule has 0 saturated carbocycles. The number of carbonyl (C=O) groups excluding carboxylic acids is 1. The molecule has 0 radical (unpaired) electrons. The molecule has 0 aliphatic heterocycles. The van der Waals surface area contributed by atoms with Crippen LogP contribution in [0.2, 0.25) is 0 Å². The minimum absolute atomic E-state index is 0.141. The quantitative estimate of drug-likeness (QED) is 0.393. The SMILES string of the molecule is Cc1nc(COc2ccc(F)cc2)sc1C(=O)Nc1nc(-c2ccc(F)c(F)c2)cs1. The van der Waals surface area contributed by atoms with Crippen LogP contribution in [0.3, 0.4) is 0 Å². The minimum atomic E-state index is -0.966. The van der Waals surface area contributed by atoms with Gasteiger partial charge in [-0.1, -0.05) is 0 Å². The molecule has 0 unspecified atom stereocenters. The van der Waals surface area contributed by atoms with Crippen molar-refractivity contribution >= 4 is 33.7 Å². The molecule has 0 aliphatic rings. The van der Waals surface area contributed by atoms with E-state index in [-0.39, 0.29) is 18.3 Å². The second kappa shape index (κ2) is 8.86. The Labute approximate surface area is 183 Å². The van der Waals surface area contributed by atoms with Crippen LogP contribution >= 0.6 is 22.7 Å². The number of carbonyl (C=O) groups is 1. The summed E-state index contributed by atoms with van der Waals surface area (Å²) in [5, 5.41) is 5.25. The van der Waals surface area contributed by atoms with Crippen LogP contribution in [0.5, 0.6) is 5.75 Å². The van der Waals surface area contributed by atoms with Crippen molar-refractivity contribution in [2.75, 3.05) is 5.32 Å². The van der Waals surface area contributed by atoms with E-state index < -0.39 is 11.6 Å². The Morgan fingerprint density at radius 1 is 1.06 bits per heavy atom. The lowest BCUT2D eigenvalue weighted by atomic mass is 10.2. The van der Waals surface area contributed by atoms with Crippen molar-refractivity contribution < 1.29 is 22.7 Å². The molecule has 31 heavy (non-hydrogen) atoms. The Kier molecular flexibility index (Phi) is 6.01. The van der Waals surface area contributed by atoms with Crippen molar-refractivity contribution in [3.63, 3.8) is 0 Å². The van der Waals surface area contributed by atoms with Gasteiger partial charge in [-0.05, 0) is 49.4 Å². The predicted molar refractivity (Wildman–Crippen MR) is 113 cm³/mol. The van der Waals surface area contributed by atoms with E-state index in [1.165, 1.54) is 53.0 Å². The lowest BCUT2D eigenvalue weighted by Gasteiger charge is -2.03. The number of rotatable bonds is 6. The highest BCUT2D eigenvalue weighted by atomic mass is 32.1. The van der Waals surface area contributed by atoms with E-state index in [2.05, 4.69) is 15.3 Å². The Balaban J connectivity index is 1.42. The number of aromatic nitrogens is 2. The molecule has 2 heterocycles. The summed E-state index contributed by atoms with van der Waals surface area (Å²) in [4.78, 5) is 21.6. The molecule has 1 amide bonds. The molecule has 4 aromatic rings. The van der Waals surface area contributed by atoms with Gasteiger partial charge in [0.2, 0.25) is 0 Å². The molecular weight excluding hydrogens is 447 g/mol. The average molecular weight is 461 g/mol. The van der Waals surface area contributed by atoms with Gasteiger partial charge in [0.1, 0.15) is 28.1 Å². The number of anilines is 1. The topological polar surface area (TPSA) is 64.1 Å². The highest BCUT2D eigenvalue weighted by Gasteiger charge is 2.18. The zero-order valence-electron chi connectivity index (χ0n) is 16.0. The number of hydrogen-bond acceptors (Lipinski definition) is 6. The van der Waals surface area contributed by atoms with Gasteiger partial charge >= 0.3 is 0 Å². The molecule has 158 valence electrons. The Morgan fingerprint density at radius 3 is 2.58 bits per heavy atom. The van der Waals surface area contributed by atoms with Gasteiger partial charge < -0.3 is 4.74 Å². The van der Waals surface area contributed by atoms with E-state index >= 15 is 0 Å². The van der Waals surface area contributed by atoms with Crippen LogP contribution in [0.25, 0.3) is 11.3 Å². The summed E-state index contributed by atoms with van der Waals surface area (Å²) < 4.78 is 45.1. The fourth-order valence-corrected chi connectivity index (χ4v) is 4.26. The lowest BCUT2D eigenvalue weighted by molar-refractivity contribution is 0.103. The molecule has 0 spiro atoms. The summed E-state index contributed by atoms with van der Waals surface area (Å²) in [6.45, 7) is 1.85. The van der Waals surface area contributed by atoms with E-state index in [1.54, 1.807) is 12.3 Å². The average Bonchev–Trinajstić information content (AvgIpc) is 3.36. The number of hydrogen-bond donors (Lipinski definition) is 1. The molecular formula is C21H14F3N3O2S2. The van der Waals surface area contributed by atoms with Gasteiger partial charge in [-0.25, -0.2) is 23.1 Å². The summed E-state index contributed by atoms with van der Waals surface area (Å²) in [6, 6.07) is 9.11. The third-order valence-corrected chi connectivity index (χ3v) is 6.05. The third-order valence-electron chi connectivity index (χ3n) is 4.16. The first-order valence-electron chi connectivity index (χ1n) is 8.96. The monoisotopic (exact) mass is 461 g/mol. The molecule has 5 nitrogen and oxygen atoms in total. The molecule has 0 atom stereocenters. The third kappa shape index (κ3) is 4.92. The fourth-order valence-electron chi connectivity index (χ4n) is 2.67. The lowest BCUT2D eigenvalue weighted by Crippen LogP contribution is -2.11. The van der Waals surface area contributed by atoms with Crippen LogP contribution < -0.4 is 10.1 Å². The van der Waals surface area contributed by atoms with Crippen LogP contribution in [0.15, 0.2) is 47.8 Å². The Hall–Kier alpha value is -3.24. The van der Waals surface area contributed by atoms with Crippen LogP contribution in [-0.2, 0) is 6.61 Å². The maximum absolute atomic E-state index is 13.4. The van der Waals surface area contributed by atoms with Gasteiger partial charge in [-0.3, -0.25) is 10.1 Å². The molecule has 10 heteroatoms. The summed E-state index contributed by atoms with van der Waals surface area (Å²) >= 11 is 2.35. The zero-order chi connectivity index (χ0) is 22.0. The van der Waals surface area contributed by atoms with Crippen molar-refractivity contribution in [1.82, 2.24) is 9.97 Å². The molecule has 0 fully saturated rings. The Bertz CT molecular complexity index is 1240. The smallest absolute Gasteiger partial charge is 0.269 e. The maximum Gasteiger partial charge on any atom is 0.269 e. The predicted octanol–water partition coefficient (Wildman–Crippen LogP) is 5.82. The standard InChI is InChI=1S/C21H14F3N3O2S2/c1-11-19(31-18(25-11)9-29-14-5-3-13(22)4-6-14)20(28)27-21-26-17(10-30-21)12-2-7-15(23)16(24)8-12/h2-8,10H,9H2,1H3,(H,26,27,28). The van der Waals surface area contributed by atoms with E-state index in [4.69, 9.17) is 4.74 Å². The number of amides is 1. The number of nitrogens with one attached hydrogen (secondary N) is 1. The van der Waals surface area contributed by atoms with E-state index in [0.29, 0.717) is 37.7 Å². The first kappa shape index (κ1) is 21.0. The molecule has 2 aromatic heterocycles. The van der Waals surface area contributed by atoms with Gasteiger partial charge in [-0.2, -0.15) is 0 Å². The van der Waals surface area contributed by atoms with E-state index in [0.717, 1.165) is 12.1 Å². The Morgan fingerprint density at radius 2 is 1.84 bits per heavy atom. The zero-order valence-corrected chi connectivity index (χ0v) is 17.6. The largest absolute Gasteiger partial charge is 0.486 e. The minimum Gasteiger partial charge on any atom is -0.486 e. The molecule has 2 aromatic carbocycles. The second-order valence-corrected chi connectivity index (χ2v) is 8.33. The number of thiazole rings is 2. The van der Waals surface area contributed by atoms with Crippen LogP contribution in [0, 0.1) is 24.4 Å². The summed E-state index contributed by atoms with van der Waals surface area (Å²) in [7, 11) is 0. The molecule has 1 N–H and O–H groups in total. The van der Waals surface area contributed by atoms with Crippen molar-refractivity contribution in [2.24, 2.45) is 0 Å². The number of halogens is 3. The molecule has 0 saturated heterocycles. The highest BCUT2D eigenvalue weighted by molar-refractivity contribution is 7.15. The summed E-state index contributed by atoms with van der Waals surface area (Å²) in [6.07, 6.45) is 0. The highest BCUT2D eigenvalue weighted by Crippen LogP contribution is 2.27. The van der Waals surface area contributed by atoms with Crippen LogP contribution in [-0.4, -0.2) is 15.9 Å². The van der Waals surface area contributed by atoms with Crippen LogP contribution in [0.1, 0.15) is 20.4 Å². The van der Waals surface area contributed by atoms with E-state index in [9.17, 15) is 18.0 Å². The van der Waals surface area contributed by atoms with Gasteiger partial charge in [0, 0.05) is 10.9 Å². The number of benzene rings is 2. The maximum atomic E-state index is 13.4. The number of nitrogens with zero attached hydrogens (tertiary/aromatic N) is 2. The van der Waals surface area contributed by atoms with Crippen molar-refractivity contribution in [1.29, 1.82) is 0 Å². The van der Waals surface area contributed by atoms with E-state index in [1.807, 2.05) is 0 Å². The van der Waals surface area contributed by atoms with Crippen molar-refractivity contribution in [2.45, 2.75) is 13.5 Å². The van der Waals surface area contributed by atoms with Crippen LogP contribution in [0.4, 0.5) is 18.3 Å². The molecule has 0 bridgehead atoms. The van der Waals surface area contributed by atoms with Gasteiger partial charge in [-0.15, -0.1) is 22.7 Å². The molecule has 4 rings (SSSR count). The van der Waals surface area contributed by atoms with Gasteiger partial charge in [0.15, 0.2) is 16.8 Å². The van der Waals surface area contributed by atoms with Gasteiger partial charge in [0.25, 0.3) is 5.91 Å². The van der Waals surface area contributed by atoms with Crippen molar-refractivity contribution in [3.8, 4) is 17.0 Å². The summed E-state index contributed by atoms with van der Waals surface area (Å²) in [5.74, 6) is -2.15. The number of aryl methyl sites for hydroxylation is 1. The fraction of sp³-hybridized carbons (Fsp3) is 0.0952. The summed E-state index contributed by atoms with van der Waals surface area (Å²) in [5.41, 5.74) is 1.37. The van der Waals surface area contributed by atoms with Gasteiger partial charge in [0.05, 0.1) is 11.4 Å². The molecule has 0 aliphatic carbocycles. The van der Waals surface area contributed by atoms with Crippen molar-refractivity contribution in [3.05, 3.63) is 80.9 Å². The normalized spacial score (nSPS) is 10.8.